The Morgan fingerprint density at radius 3 is 2.53 bits per heavy atom. The van der Waals surface area contributed by atoms with Crippen molar-refractivity contribution in [1.29, 1.82) is 0 Å². The molecule has 1 aromatic carbocycles. The van der Waals surface area contributed by atoms with Crippen molar-refractivity contribution < 1.29 is 5.11 Å². The van der Waals surface area contributed by atoms with Crippen molar-refractivity contribution in [1.82, 2.24) is 5.32 Å². The zero-order valence-corrected chi connectivity index (χ0v) is 9.24. The van der Waals surface area contributed by atoms with Crippen LogP contribution in [0.25, 0.3) is 0 Å². The first-order chi connectivity index (χ1) is 7.18. The summed E-state index contributed by atoms with van der Waals surface area (Å²) in [6.45, 7) is 2.51. The van der Waals surface area contributed by atoms with Crippen LogP contribution in [0, 0.1) is 0 Å². The molecule has 1 atom stereocenters. The highest BCUT2D eigenvalue weighted by atomic mass is 16.3. The Morgan fingerprint density at radius 1 is 1.33 bits per heavy atom. The van der Waals surface area contributed by atoms with Crippen LogP contribution >= 0.6 is 0 Å². The van der Waals surface area contributed by atoms with Crippen molar-refractivity contribution in [2.24, 2.45) is 0 Å². The molecule has 2 N–H and O–H groups in total. The fourth-order valence-electron chi connectivity index (χ4n) is 1.85. The lowest BCUT2D eigenvalue weighted by Crippen LogP contribution is -2.43. The van der Waals surface area contributed by atoms with Gasteiger partial charge in [0.25, 0.3) is 0 Å². The van der Waals surface area contributed by atoms with Gasteiger partial charge in [-0.3, -0.25) is 0 Å². The lowest BCUT2D eigenvalue weighted by Gasteiger charge is -2.31. The van der Waals surface area contributed by atoms with Gasteiger partial charge in [-0.1, -0.05) is 36.8 Å². The summed E-state index contributed by atoms with van der Waals surface area (Å²) in [4.78, 5) is 0. The molecular weight excluding hydrogens is 186 g/mol. The fraction of sp³-hybridized carbons (Fsp3) is 0.538. The summed E-state index contributed by atoms with van der Waals surface area (Å²) in [7, 11) is 0. The minimum atomic E-state index is -0.753. The van der Waals surface area contributed by atoms with Crippen molar-refractivity contribution in [2.45, 2.75) is 37.8 Å². The van der Waals surface area contributed by atoms with Crippen LogP contribution in [0.2, 0.25) is 0 Å². The highest BCUT2D eigenvalue weighted by Crippen LogP contribution is 2.22. The zero-order chi connectivity index (χ0) is 10.7. The van der Waals surface area contributed by atoms with E-state index in [2.05, 4.69) is 5.32 Å². The van der Waals surface area contributed by atoms with E-state index in [0.717, 1.165) is 5.56 Å². The highest BCUT2D eigenvalue weighted by Gasteiger charge is 2.25. The van der Waals surface area contributed by atoms with Gasteiger partial charge in [-0.15, -0.1) is 0 Å². The molecule has 0 radical (unpaired) electrons. The first-order valence-electron chi connectivity index (χ1n) is 5.70. The second-order valence-corrected chi connectivity index (χ2v) is 4.65. The smallest absolute Gasteiger partial charge is 0.0992 e. The third-order valence-electron chi connectivity index (χ3n) is 3.24. The molecule has 0 heterocycles. The van der Waals surface area contributed by atoms with E-state index in [1.54, 1.807) is 0 Å². The van der Waals surface area contributed by atoms with Gasteiger partial charge in [0, 0.05) is 12.6 Å². The van der Waals surface area contributed by atoms with Gasteiger partial charge in [0.1, 0.15) is 0 Å². The molecule has 82 valence electrons. The van der Waals surface area contributed by atoms with Gasteiger partial charge < -0.3 is 10.4 Å². The SMILES string of the molecule is CC(O)(CNC1CCC1)c1ccccc1. The van der Waals surface area contributed by atoms with E-state index in [1.165, 1.54) is 19.3 Å². The van der Waals surface area contributed by atoms with E-state index in [9.17, 15) is 5.11 Å². The van der Waals surface area contributed by atoms with E-state index >= 15 is 0 Å². The maximum Gasteiger partial charge on any atom is 0.0992 e. The Kier molecular flexibility index (Phi) is 3.08. The van der Waals surface area contributed by atoms with Crippen LogP contribution in [-0.4, -0.2) is 17.7 Å². The van der Waals surface area contributed by atoms with Crippen molar-refractivity contribution in [3.8, 4) is 0 Å². The molecule has 1 aliphatic rings. The Bertz CT molecular complexity index is 304. The second-order valence-electron chi connectivity index (χ2n) is 4.65. The van der Waals surface area contributed by atoms with Crippen LogP contribution in [0.5, 0.6) is 0 Å². The van der Waals surface area contributed by atoms with Crippen LogP contribution in [0.4, 0.5) is 0 Å². The van der Waals surface area contributed by atoms with Crippen molar-refractivity contribution in [2.75, 3.05) is 6.54 Å². The van der Waals surface area contributed by atoms with Gasteiger partial charge in [-0.25, -0.2) is 0 Å². The van der Waals surface area contributed by atoms with Crippen molar-refractivity contribution in [3.05, 3.63) is 35.9 Å². The Balaban J connectivity index is 1.93. The standard InChI is InChI=1S/C13H19NO/c1-13(15,10-14-12-8-5-9-12)11-6-3-2-4-7-11/h2-4,6-7,12,14-15H,5,8-10H2,1H3. The molecule has 2 heteroatoms. The van der Waals surface area contributed by atoms with Gasteiger partial charge in [-0.05, 0) is 25.3 Å². The Labute approximate surface area is 91.3 Å². The molecule has 0 amide bonds. The van der Waals surface area contributed by atoms with Gasteiger partial charge in [-0.2, -0.15) is 0 Å². The summed E-state index contributed by atoms with van der Waals surface area (Å²) in [6.07, 6.45) is 3.83. The van der Waals surface area contributed by atoms with Crippen LogP contribution < -0.4 is 5.32 Å². The topological polar surface area (TPSA) is 32.3 Å². The van der Waals surface area contributed by atoms with Gasteiger partial charge >= 0.3 is 0 Å². The van der Waals surface area contributed by atoms with Gasteiger partial charge in [0.2, 0.25) is 0 Å². The molecule has 0 aliphatic heterocycles. The summed E-state index contributed by atoms with van der Waals surface area (Å²) >= 11 is 0. The highest BCUT2D eigenvalue weighted by molar-refractivity contribution is 5.21. The molecule has 2 rings (SSSR count). The normalized spacial score (nSPS) is 20.7. The van der Waals surface area contributed by atoms with E-state index in [4.69, 9.17) is 0 Å². The lowest BCUT2D eigenvalue weighted by atomic mass is 9.91. The number of rotatable bonds is 4. The molecule has 0 bridgehead atoms. The molecular formula is C13H19NO. The maximum absolute atomic E-state index is 10.3. The summed E-state index contributed by atoms with van der Waals surface area (Å²) in [5.74, 6) is 0. The quantitative estimate of drug-likeness (QED) is 0.788. The van der Waals surface area contributed by atoms with Crippen LogP contribution in [0.1, 0.15) is 31.7 Å². The van der Waals surface area contributed by atoms with Crippen LogP contribution in [0.15, 0.2) is 30.3 Å². The Hall–Kier alpha value is -0.860. The van der Waals surface area contributed by atoms with Crippen molar-refractivity contribution >= 4 is 0 Å². The third-order valence-corrected chi connectivity index (χ3v) is 3.24. The average molecular weight is 205 g/mol. The molecule has 2 nitrogen and oxygen atoms in total. The summed E-state index contributed by atoms with van der Waals surface area (Å²) in [5.41, 5.74) is 0.230. The monoisotopic (exact) mass is 205 g/mol. The minimum absolute atomic E-state index is 0.625. The first-order valence-corrected chi connectivity index (χ1v) is 5.70. The number of aliphatic hydroxyl groups is 1. The molecule has 1 unspecified atom stereocenters. The first kappa shape index (κ1) is 10.7. The zero-order valence-electron chi connectivity index (χ0n) is 9.24. The maximum atomic E-state index is 10.3. The number of benzene rings is 1. The van der Waals surface area contributed by atoms with Gasteiger partial charge in [0.15, 0.2) is 0 Å². The van der Waals surface area contributed by atoms with E-state index in [1.807, 2.05) is 37.3 Å². The lowest BCUT2D eigenvalue weighted by molar-refractivity contribution is 0.0503. The minimum Gasteiger partial charge on any atom is -0.384 e. The summed E-state index contributed by atoms with van der Waals surface area (Å²) in [5, 5.41) is 13.7. The molecule has 1 saturated carbocycles. The predicted molar refractivity (Wildman–Crippen MR) is 61.7 cm³/mol. The summed E-state index contributed by atoms with van der Waals surface area (Å²) < 4.78 is 0. The van der Waals surface area contributed by atoms with Crippen molar-refractivity contribution in [3.63, 3.8) is 0 Å². The third kappa shape index (κ3) is 2.58. The molecule has 1 aromatic rings. The molecule has 0 spiro atoms. The number of hydrogen-bond donors (Lipinski definition) is 2. The van der Waals surface area contributed by atoms with Gasteiger partial charge in [0.05, 0.1) is 5.60 Å². The molecule has 0 aromatic heterocycles. The van der Waals surface area contributed by atoms with Crippen LogP contribution in [-0.2, 0) is 5.60 Å². The predicted octanol–water partition coefficient (Wildman–Crippen LogP) is 2.04. The summed E-state index contributed by atoms with van der Waals surface area (Å²) in [6, 6.07) is 10.5. The fourth-order valence-corrected chi connectivity index (χ4v) is 1.85. The molecule has 0 saturated heterocycles. The Morgan fingerprint density at radius 2 is 2.00 bits per heavy atom. The molecule has 15 heavy (non-hydrogen) atoms. The number of hydrogen-bond acceptors (Lipinski definition) is 2. The van der Waals surface area contributed by atoms with E-state index < -0.39 is 5.60 Å². The average Bonchev–Trinajstić information content (AvgIpc) is 2.16. The van der Waals surface area contributed by atoms with Crippen LogP contribution in [0.3, 0.4) is 0 Å². The largest absolute Gasteiger partial charge is 0.384 e. The van der Waals surface area contributed by atoms with E-state index in [-0.39, 0.29) is 0 Å². The molecule has 1 fully saturated rings. The number of nitrogens with one attached hydrogen (secondary N) is 1. The second kappa shape index (κ2) is 4.33. The molecule has 1 aliphatic carbocycles. The van der Waals surface area contributed by atoms with E-state index in [0.29, 0.717) is 12.6 Å².